The zero-order chi connectivity index (χ0) is 17.7. The first-order valence-electron chi connectivity index (χ1n) is 6.52. The number of nitrogens with zero attached hydrogens (tertiary/aromatic N) is 2. The Kier molecular flexibility index (Phi) is 4.90. The highest BCUT2D eigenvalue weighted by molar-refractivity contribution is 5.94. The molecule has 2 rings (SSSR count). The maximum atomic E-state index is 11.5. The van der Waals surface area contributed by atoms with Crippen LogP contribution in [0.25, 0.3) is 0 Å². The van der Waals surface area contributed by atoms with Crippen LogP contribution in [0.2, 0.25) is 0 Å². The van der Waals surface area contributed by atoms with Crippen LogP contribution >= 0.6 is 0 Å². The second-order valence-electron chi connectivity index (χ2n) is 4.37. The number of amides is 1. The fourth-order valence-corrected chi connectivity index (χ4v) is 1.80. The highest BCUT2D eigenvalue weighted by Crippen LogP contribution is 2.31. The van der Waals surface area contributed by atoms with Crippen molar-refractivity contribution in [2.24, 2.45) is 5.73 Å². The van der Waals surface area contributed by atoms with Crippen molar-refractivity contribution in [3.05, 3.63) is 52.3 Å². The highest BCUT2D eigenvalue weighted by atomic mass is 16.6. The van der Waals surface area contributed by atoms with Crippen LogP contribution in [0.3, 0.4) is 0 Å². The minimum absolute atomic E-state index is 0.169. The lowest BCUT2D eigenvalue weighted by Crippen LogP contribution is -2.19. The first-order valence-corrected chi connectivity index (χ1v) is 6.52. The summed E-state index contributed by atoms with van der Waals surface area (Å²) in [6, 6.07) is 6.87. The molecule has 0 aliphatic heterocycles. The number of benzene rings is 1. The highest BCUT2D eigenvalue weighted by Gasteiger charge is 2.16. The van der Waals surface area contributed by atoms with Gasteiger partial charge in [0.05, 0.1) is 11.0 Å². The number of nitro groups is 1. The number of primary amides is 1. The summed E-state index contributed by atoms with van der Waals surface area (Å²) in [6.45, 7) is 0. The number of nitro benzene ring substituents is 1. The minimum Gasteiger partial charge on any atom is -0.457 e. The van der Waals surface area contributed by atoms with Crippen LogP contribution in [0.5, 0.6) is 11.5 Å². The second-order valence-corrected chi connectivity index (χ2v) is 4.37. The fraction of sp³-hybridized carbons (Fsp3) is 0.0714. The van der Waals surface area contributed by atoms with E-state index in [0.717, 1.165) is 0 Å². The second kappa shape index (κ2) is 7.05. The molecule has 10 nitrogen and oxygen atoms in total. The maximum absolute atomic E-state index is 11.5. The molecule has 0 unspecified atom stereocenters. The normalized spacial score (nSPS) is 9.88. The predicted octanol–water partition coefficient (Wildman–Crippen LogP) is 2.06. The zero-order valence-electron chi connectivity index (χ0n) is 12.4. The first kappa shape index (κ1) is 16.7. The van der Waals surface area contributed by atoms with E-state index >= 15 is 0 Å². The van der Waals surface area contributed by atoms with Gasteiger partial charge in [-0.25, -0.2) is 14.6 Å². The first-order chi connectivity index (χ1) is 11.4. The van der Waals surface area contributed by atoms with Crippen molar-refractivity contribution in [2.75, 3.05) is 12.4 Å². The van der Waals surface area contributed by atoms with Gasteiger partial charge >= 0.3 is 12.1 Å². The van der Waals surface area contributed by atoms with E-state index in [-0.39, 0.29) is 22.9 Å². The average Bonchev–Trinajstić information content (AvgIpc) is 2.54. The van der Waals surface area contributed by atoms with E-state index in [1.54, 1.807) is 7.05 Å². The number of pyridine rings is 1. The summed E-state index contributed by atoms with van der Waals surface area (Å²) < 4.78 is 9.67. The molecular formula is C14H12N4O6. The number of anilines is 1. The van der Waals surface area contributed by atoms with Crippen LogP contribution < -0.4 is 15.8 Å². The third kappa shape index (κ3) is 3.94. The molecule has 0 saturated heterocycles. The van der Waals surface area contributed by atoms with Crippen molar-refractivity contribution in [3.8, 4) is 11.5 Å². The van der Waals surface area contributed by atoms with Crippen LogP contribution in [-0.4, -0.2) is 29.0 Å². The molecule has 1 amide bonds. The van der Waals surface area contributed by atoms with Gasteiger partial charge in [-0.2, -0.15) is 0 Å². The van der Waals surface area contributed by atoms with Crippen LogP contribution in [0.4, 0.5) is 16.2 Å². The number of carbonyl (C=O) groups excluding carboxylic acids is 2. The lowest BCUT2D eigenvalue weighted by Gasteiger charge is -2.08. The van der Waals surface area contributed by atoms with Crippen molar-refractivity contribution in [2.45, 2.75) is 0 Å². The van der Waals surface area contributed by atoms with Gasteiger partial charge < -0.3 is 20.5 Å². The lowest BCUT2D eigenvalue weighted by atomic mass is 10.2. The van der Waals surface area contributed by atoms with Gasteiger partial charge in [0.2, 0.25) is 0 Å². The molecule has 0 spiro atoms. The van der Waals surface area contributed by atoms with E-state index in [1.807, 2.05) is 0 Å². The Hall–Kier alpha value is -3.69. The SMILES string of the molecule is CNc1ccc(Oc2ccnc(C(=O)OC(N)=O)c2)cc1[N+](=O)[O-]. The molecule has 0 fully saturated rings. The molecule has 0 bridgehead atoms. The molecule has 0 saturated carbocycles. The topological polar surface area (TPSA) is 147 Å². The molecule has 0 radical (unpaired) electrons. The quantitative estimate of drug-likeness (QED) is 0.366. The van der Waals surface area contributed by atoms with Crippen molar-refractivity contribution < 1.29 is 24.0 Å². The summed E-state index contributed by atoms with van der Waals surface area (Å²) in [5.41, 5.74) is 4.71. The van der Waals surface area contributed by atoms with Crippen molar-refractivity contribution in [1.82, 2.24) is 4.98 Å². The van der Waals surface area contributed by atoms with Gasteiger partial charge in [-0.1, -0.05) is 0 Å². The monoisotopic (exact) mass is 332 g/mol. The molecule has 0 aliphatic carbocycles. The summed E-state index contributed by atoms with van der Waals surface area (Å²) in [4.78, 5) is 36.3. The molecule has 124 valence electrons. The number of carbonyl (C=O) groups is 2. The van der Waals surface area contributed by atoms with E-state index in [2.05, 4.69) is 15.0 Å². The van der Waals surface area contributed by atoms with Crippen LogP contribution in [0.15, 0.2) is 36.5 Å². The largest absolute Gasteiger partial charge is 0.457 e. The molecular weight excluding hydrogens is 320 g/mol. The number of hydrogen-bond donors (Lipinski definition) is 2. The Balaban J connectivity index is 2.25. The van der Waals surface area contributed by atoms with E-state index in [4.69, 9.17) is 10.5 Å². The summed E-state index contributed by atoms with van der Waals surface area (Å²) in [5.74, 6) is -0.682. The van der Waals surface area contributed by atoms with E-state index in [1.165, 1.54) is 36.5 Å². The molecule has 3 N–H and O–H groups in total. The Morgan fingerprint density at radius 2 is 1.96 bits per heavy atom. The molecule has 2 aromatic rings. The molecule has 1 aromatic carbocycles. The van der Waals surface area contributed by atoms with Gasteiger partial charge in [0.1, 0.15) is 17.2 Å². The molecule has 0 atom stereocenters. The van der Waals surface area contributed by atoms with Crippen molar-refractivity contribution >= 4 is 23.4 Å². The van der Waals surface area contributed by atoms with Crippen molar-refractivity contribution in [1.29, 1.82) is 0 Å². The van der Waals surface area contributed by atoms with Gasteiger partial charge in [-0.15, -0.1) is 0 Å². The summed E-state index contributed by atoms with van der Waals surface area (Å²) >= 11 is 0. The third-order valence-corrected chi connectivity index (χ3v) is 2.80. The lowest BCUT2D eigenvalue weighted by molar-refractivity contribution is -0.384. The number of nitrogens with one attached hydrogen (secondary N) is 1. The Morgan fingerprint density at radius 3 is 2.58 bits per heavy atom. The van der Waals surface area contributed by atoms with E-state index in [0.29, 0.717) is 5.69 Å². The van der Waals surface area contributed by atoms with Crippen LogP contribution in [0, 0.1) is 10.1 Å². The van der Waals surface area contributed by atoms with E-state index in [9.17, 15) is 19.7 Å². The van der Waals surface area contributed by atoms with E-state index < -0.39 is 17.0 Å². The molecule has 1 heterocycles. The number of rotatable bonds is 5. The third-order valence-electron chi connectivity index (χ3n) is 2.80. The summed E-state index contributed by atoms with van der Waals surface area (Å²) in [6.07, 6.45) is -0.00469. The van der Waals surface area contributed by atoms with Gasteiger partial charge in [0, 0.05) is 19.3 Å². The van der Waals surface area contributed by atoms with Crippen LogP contribution in [-0.2, 0) is 4.74 Å². The molecule has 10 heteroatoms. The summed E-state index contributed by atoms with van der Waals surface area (Å²) in [7, 11) is 1.56. The standard InChI is InChI=1S/C14H12N4O6/c1-16-10-3-2-8(7-12(10)18(21)22)23-9-4-5-17-11(6-9)13(19)24-14(15)20/h2-7,16H,1H3,(H2,15,20). The fourth-order valence-electron chi connectivity index (χ4n) is 1.80. The summed E-state index contributed by atoms with van der Waals surface area (Å²) in [5, 5.41) is 13.7. The van der Waals surface area contributed by atoms with Gasteiger partial charge in [0.15, 0.2) is 5.69 Å². The van der Waals surface area contributed by atoms with Gasteiger partial charge in [-0.05, 0) is 18.2 Å². The Morgan fingerprint density at radius 1 is 1.25 bits per heavy atom. The Labute approximate surface area is 135 Å². The predicted molar refractivity (Wildman–Crippen MR) is 82.0 cm³/mol. The molecule has 0 aliphatic rings. The van der Waals surface area contributed by atoms with Gasteiger partial charge in [0.25, 0.3) is 5.69 Å². The average molecular weight is 332 g/mol. The zero-order valence-corrected chi connectivity index (χ0v) is 12.4. The number of nitrogens with two attached hydrogens (primary N) is 1. The minimum atomic E-state index is -1.26. The van der Waals surface area contributed by atoms with Crippen LogP contribution in [0.1, 0.15) is 10.5 Å². The molecule has 24 heavy (non-hydrogen) atoms. The number of esters is 1. The molecule has 1 aromatic heterocycles. The van der Waals surface area contributed by atoms with Crippen molar-refractivity contribution in [3.63, 3.8) is 0 Å². The number of aromatic nitrogens is 1. The van der Waals surface area contributed by atoms with Gasteiger partial charge in [-0.3, -0.25) is 10.1 Å². The maximum Gasteiger partial charge on any atom is 0.412 e. The smallest absolute Gasteiger partial charge is 0.412 e. The number of hydrogen-bond acceptors (Lipinski definition) is 8. The Bertz CT molecular complexity index is 808. The number of ether oxygens (including phenoxy) is 2.